The minimum Gasteiger partial charge on any atom is -0.321 e. The van der Waals surface area contributed by atoms with E-state index in [-0.39, 0.29) is 11.6 Å². The summed E-state index contributed by atoms with van der Waals surface area (Å²) in [6, 6.07) is 29.3. The van der Waals surface area contributed by atoms with Crippen LogP contribution in [-0.4, -0.2) is 28.0 Å². The number of rotatable bonds is 9. The van der Waals surface area contributed by atoms with Crippen LogP contribution in [-0.2, 0) is 9.59 Å². The average Bonchev–Trinajstić information content (AvgIpc) is 3.38. The minimum absolute atomic E-state index is 0.0868. The number of aromatic nitrogens is 1. The third-order valence-electron chi connectivity index (χ3n) is 6.24. The van der Waals surface area contributed by atoms with Gasteiger partial charge in [0, 0.05) is 20.6 Å². The van der Waals surface area contributed by atoms with Crippen LogP contribution in [0.4, 0.5) is 10.8 Å². The van der Waals surface area contributed by atoms with E-state index in [9.17, 15) is 14.4 Å². The van der Waals surface area contributed by atoms with E-state index in [1.165, 1.54) is 23.1 Å². The molecule has 5 rings (SSSR count). The predicted octanol–water partition coefficient (Wildman–Crippen LogP) is 7.90. The highest BCUT2D eigenvalue weighted by molar-refractivity contribution is 9.10. The van der Waals surface area contributed by atoms with Gasteiger partial charge >= 0.3 is 0 Å². The fraction of sp³-hybridized carbons (Fsp3) is 0.0909. The summed E-state index contributed by atoms with van der Waals surface area (Å²) in [7, 11) is 0. The first-order valence-electron chi connectivity index (χ1n) is 13.3. The lowest BCUT2D eigenvalue weighted by Crippen LogP contribution is -2.30. The van der Waals surface area contributed by atoms with Gasteiger partial charge in [0.05, 0.1) is 15.5 Å². The molecule has 0 bridgehead atoms. The third-order valence-corrected chi connectivity index (χ3v) is 8.76. The zero-order valence-corrected chi connectivity index (χ0v) is 26.5. The Hall–Kier alpha value is -4.25. The zero-order chi connectivity index (χ0) is 30.3. The van der Waals surface area contributed by atoms with Crippen LogP contribution in [0.2, 0.25) is 0 Å². The second kappa shape index (κ2) is 13.8. The van der Waals surface area contributed by atoms with Crippen molar-refractivity contribution < 1.29 is 14.4 Å². The Morgan fingerprint density at radius 3 is 2.49 bits per heavy atom. The highest BCUT2D eigenvalue weighted by Crippen LogP contribution is 2.30. The molecular formula is C33H27BrN4O3S2. The topological polar surface area (TPSA) is 100 Å². The summed E-state index contributed by atoms with van der Waals surface area (Å²) in [6.07, 6.45) is 1.62. The lowest BCUT2D eigenvalue weighted by molar-refractivity contribution is -0.115. The van der Waals surface area contributed by atoms with Crippen LogP contribution in [0.3, 0.4) is 0 Å². The molecule has 3 N–H and O–H groups in total. The Balaban J connectivity index is 1.28. The van der Waals surface area contributed by atoms with Gasteiger partial charge in [-0.3, -0.25) is 14.4 Å². The number of benzene rings is 4. The van der Waals surface area contributed by atoms with Crippen molar-refractivity contribution in [3.05, 3.63) is 124 Å². The second-order valence-corrected chi connectivity index (χ2v) is 13.0. The number of anilines is 2. The van der Waals surface area contributed by atoms with Gasteiger partial charge in [0.1, 0.15) is 5.70 Å². The SMILES string of the molecule is Cc1ccc2nc(NC(=O)C(C)Sc3cccc(NC(=O)/C(=C\c4cccc(Br)c4)NC(=O)c4ccccc4)c3)sc2c1. The fourth-order valence-corrected chi connectivity index (χ4v) is 6.41. The predicted molar refractivity (Wildman–Crippen MR) is 179 cm³/mol. The molecule has 0 aliphatic carbocycles. The monoisotopic (exact) mass is 670 g/mol. The number of nitrogens with one attached hydrogen (secondary N) is 3. The van der Waals surface area contributed by atoms with Crippen molar-refractivity contribution in [2.24, 2.45) is 0 Å². The Labute approximate surface area is 265 Å². The maximum atomic E-state index is 13.4. The maximum Gasteiger partial charge on any atom is 0.272 e. The summed E-state index contributed by atoms with van der Waals surface area (Å²) in [4.78, 5) is 44.6. The van der Waals surface area contributed by atoms with Crippen LogP contribution in [0.15, 0.2) is 112 Å². The van der Waals surface area contributed by atoms with Gasteiger partial charge in [-0.15, -0.1) is 11.8 Å². The van der Waals surface area contributed by atoms with Crippen molar-refractivity contribution in [3.8, 4) is 0 Å². The fourth-order valence-electron chi connectivity index (χ4n) is 4.10. The van der Waals surface area contributed by atoms with Gasteiger partial charge in [0.25, 0.3) is 11.8 Å². The Kier molecular flexibility index (Phi) is 9.71. The summed E-state index contributed by atoms with van der Waals surface area (Å²) < 4.78 is 1.86. The smallest absolute Gasteiger partial charge is 0.272 e. The molecule has 0 aliphatic heterocycles. The molecule has 1 aromatic heterocycles. The molecule has 0 saturated carbocycles. The molecule has 1 unspecified atom stereocenters. The normalized spacial score (nSPS) is 12.0. The lowest BCUT2D eigenvalue weighted by Gasteiger charge is -2.13. The first-order chi connectivity index (χ1) is 20.7. The van der Waals surface area contributed by atoms with Crippen LogP contribution in [0.1, 0.15) is 28.4 Å². The standard InChI is InChI=1S/C33H27BrN4O3S2/c1-20-14-15-27-29(16-20)43-33(37-27)38-30(39)21(2)42-26-13-7-12-25(19-26)35-32(41)28(18-22-8-6-11-24(34)17-22)36-31(40)23-9-4-3-5-10-23/h3-19,21H,1-2H3,(H,35,41)(H,36,40)(H,37,38,39)/b28-18+. The molecule has 10 heteroatoms. The molecule has 3 amide bonds. The van der Waals surface area contributed by atoms with Gasteiger partial charge in [-0.25, -0.2) is 4.98 Å². The molecule has 0 spiro atoms. The van der Waals surface area contributed by atoms with E-state index in [0.29, 0.717) is 16.4 Å². The zero-order valence-electron chi connectivity index (χ0n) is 23.3. The van der Waals surface area contributed by atoms with Gasteiger partial charge < -0.3 is 16.0 Å². The van der Waals surface area contributed by atoms with E-state index in [4.69, 9.17) is 0 Å². The van der Waals surface area contributed by atoms with Crippen molar-refractivity contribution in [3.63, 3.8) is 0 Å². The largest absolute Gasteiger partial charge is 0.321 e. The molecular weight excluding hydrogens is 644 g/mol. The molecule has 7 nitrogen and oxygen atoms in total. The van der Waals surface area contributed by atoms with Gasteiger partial charge in [-0.1, -0.05) is 69.7 Å². The number of aryl methyl sites for hydroxylation is 1. The molecule has 5 aromatic rings. The van der Waals surface area contributed by atoms with Crippen LogP contribution in [0.25, 0.3) is 16.3 Å². The van der Waals surface area contributed by atoms with Crippen LogP contribution in [0, 0.1) is 6.92 Å². The van der Waals surface area contributed by atoms with Gasteiger partial charge in [-0.05, 0) is 85.6 Å². The van der Waals surface area contributed by atoms with E-state index in [1.807, 2.05) is 68.4 Å². The summed E-state index contributed by atoms with van der Waals surface area (Å²) in [5, 5.41) is 8.69. The molecule has 0 saturated heterocycles. The van der Waals surface area contributed by atoms with E-state index >= 15 is 0 Å². The quantitative estimate of drug-likeness (QED) is 0.109. The average molecular weight is 672 g/mol. The molecule has 43 heavy (non-hydrogen) atoms. The summed E-state index contributed by atoms with van der Waals surface area (Å²) in [5.74, 6) is -1.05. The number of halogens is 1. The number of thiazole rings is 1. The number of thioether (sulfide) groups is 1. The first kappa shape index (κ1) is 30.2. The highest BCUT2D eigenvalue weighted by Gasteiger charge is 2.18. The number of carbonyl (C=O) groups excluding carboxylic acids is 3. The molecule has 0 fully saturated rings. The number of amides is 3. The van der Waals surface area contributed by atoms with E-state index in [1.54, 1.807) is 48.5 Å². The molecule has 0 radical (unpaired) electrons. The molecule has 4 aromatic carbocycles. The van der Waals surface area contributed by atoms with Crippen LogP contribution < -0.4 is 16.0 Å². The molecule has 216 valence electrons. The van der Waals surface area contributed by atoms with Crippen molar-refractivity contribution in [2.45, 2.75) is 24.0 Å². The summed E-state index contributed by atoms with van der Waals surface area (Å²) in [5.41, 5.74) is 3.77. The van der Waals surface area contributed by atoms with Crippen molar-refractivity contribution in [2.75, 3.05) is 10.6 Å². The highest BCUT2D eigenvalue weighted by atomic mass is 79.9. The van der Waals surface area contributed by atoms with E-state index < -0.39 is 17.1 Å². The van der Waals surface area contributed by atoms with Crippen LogP contribution in [0.5, 0.6) is 0 Å². The molecule has 0 aliphatic rings. The molecule has 1 atom stereocenters. The number of nitrogens with zero attached hydrogens (tertiary/aromatic N) is 1. The Morgan fingerprint density at radius 2 is 1.70 bits per heavy atom. The second-order valence-electron chi connectivity index (χ2n) is 9.65. The minimum atomic E-state index is -0.483. The van der Waals surface area contributed by atoms with E-state index in [0.717, 1.165) is 30.7 Å². The van der Waals surface area contributed by atoms with Gasteiger partial charge in [0.2, 0.25) is 5.91 Å². The van der Waals surface area contributed by atoms with Gasteiger partial charge in [-0.2, -0.15) is 0 Å². The van der Waals surface area contributed by atoms with Crippen LogP contribution >= 0.6 is 39.0 Å². The van der Waals surface area contributed by atoms with Crippen molar-refractivity contribution in [1.82, 2.24) is 10.3 Å². The molecule has 1 heterocycles. The Bertz CT molecular complexity index is 1840. The summed E-state index contributed by atoms with van der Waals surface area (Å²) >= 11 is 6.25. The van der Waals surface area contributed by atoms with Crippen molar-refractivity contribution >= 4 is 83.9 Å². The number of hydrogen-bond donors (Lipinski definition) is 3. The lowest BCUT2D eigenvalue weighted by atomic mass is 10.1. The first-order valence-corrected chi connectivity index (χ1v) is 15.8. The number of carbonyl (C=O) groups is 3. The number of hydrogen-bond acceptors (Lipinski definition) is 6. The third kappa shape index (κ3) is 8.19. The maximum absolute atomic E-state index is 13.4. The van der Waals surface area contributed by atoms with Gasteiger partial charge in [0.15, 0.2) is 5.13 Å². The number of fused-ring (bicyclic) bond motifs is 1. The Morgan fingerprint density at radius 1 is 0.907 bits per heavy atom. The van der Waals surface area contributed by atoms with E-state index in [2.05, 4.69) is 36.9 Å². The summed E-state index contributed by atoms with van der Waals surface area (Å²) in [6.45, 7) is 3.84. The van der Waals surface area contributed by atoms with Crippen molar-refractivity contribution in [1.29, 1.82) is 0 Å².